The lowest BCUT2D eigenvalue weighted by Gasteiger charge is -2.26. The van der Waals surface area contributed by atoms with E-state index in [-0.39, 0.29) is 5.41 Å². The molecule has 0 saturated carbocycles. The number of nitrogens with zero attached hydrogens (tertiary/aromatic N) is 1. The van der Waals surface area contributed by atoms with Gasteiger partial charge in [0.05, 0.1) is 0 Å². The summed E-state index contributed by atoms with van der Waals surface area (Å²) in [6.45, 7) is 4.71. The third kappa shape index (κ3) is 6.15. The molecule has 13 rings (SSSR count). The Morgan fingerprint density at radius 3 is 1.65 bits per heavy atom. The van der Waals surface area contributed by atoms with Crippen molar-refractivity contribution in [3.63, 3.8) is 0 Å². The van der Waals surface area contributed by atoms with E-state index in [2.05, 4.69) is 231 Å². The van der Waals surface area contributed by atoms with E-state index in [1.165, 1.54) is 75.8 Å². The molecule has 0 unspecified atom stereocenters. The van der Waals surface area contributed by atoms with Crippen LogP contribution < -0.4 is 4.90 Å². The Bertz CT molecular complexity index is 3820. The van der Waals surface area contributed by atoms with E-state index in [4.69, 9.17) is 4.42 Å². The molecule has 0 N–H and O–H groups in total. The normalized spacial score (nSPS) is 12.8. The maximum atomic E-state index is 6.44. The summed E-state index contributed by atoms with van der Waals surface area (Å²) in [5, 5.41) is 4.87. The minimum absolute atomic E-state index is 0.0325. The molecule has 0 atom stereocenters. The van der Waals surface area contributed by atoms with Crippen LogP contribution in [0.1, 0.15) is 25.0 Å². The third-order valence-electron chi connectivity index (χ3n) is 13.9. The predicted molar refractivity (Wildman–Crippen MR) is 281 cm³/mol. The van der Waals surface area contributed by atoms with Gasteiger partial charge in [-0.3, -0.25) is 0 Å². The molecule has 0 amide bonds. The molecule has 0 fully saturated rings. The van der Waals surface area contributed by atoms with Crippen LogP contribution in [-0.2, 0) is 5.41 Å². The molecule has 2 aromatic heterocycles. The highest BCUT2D eigenvalue weighted by Gasteiger charge is 2.35. The average molecular weight is 862 g/mol. The number of benzene rings is 10. The molecular weight excluding hydrogens is 819 g/mol. The highest BCUT2D eigenvalue weighted by atomic mass is 32.1. The standard InChI is InChI=1S/C63H43NOS/c1-63(2)57-20-8-6-14-51(57)52-36-28-44(38-58(52)63)45-29-37-54-56-19-11-17-50(62(56)66-60(54)39-45)43-26-34-48(35-27-43)64(46-30-22-41(23-31-46)40-12-4-3-5-13-40)47-32-24-42(25-33-47)49-16-10-18-55-53-15-7-9-21-59(53)65-61(49)55/h3-39H,1-2H3. The lowest BCUT2D eigenvalue weighted by Crippen LogP contribution is -2.14. The summed E-state index contributed by atoms with van der Waals surface area (Å²) in [7, 11) is 0. The third-order valence-corrected chi connectivity index (χ3v) is 15.1. The lowest BCUT2D eigenvalue weighted by molar-refractivity contribution is 0.660. The van der Waals surface area contributed by atoms with Crippen molar-refractivity contribution in [2.75, 3.05) is 4.90 Å². The van der Waals surface area contributed by atoms with Gasteiger partial charge in [0, 0.05) is 59.0 Å². The minimum atomic E-state index is -0.0325. The first kappa shape index (κ1) is 38.5. The fourth-order valence-electron chi connectivity index (χ4n) is 10.5. The second kappa shape index (κ2) is 15.1. The van der Waals surface area contributed by atoms with Crippen LogP contribution in [0.4, 0.5) is 17.1 Å². The monoisotopic (exact) mass is 861 g/mol. The topological polar surface area (TPSA) is 16.4 Å². The smallest absolute Gasteiger partial charge is 0.143 e. The van der Waals surface area contributed by atoms with Gasteiger partial charge >= 0.3 is 0 Å². The molecule has 12 aromatic rings. The largest absolute Gasteiger partial charge is 0.455 e. The second-order valence-electron chi connectivity index (χ2n) is 18.0. The van der Waals surface area contributed by atoms with Gasteiger partial charge in [0.15, 0.2) is 0 Å². The van der Waals surface area contributed by atoms with Gasteiger partial charge in [-0.25, -0.2) is 0 Å². The van der Waals surface area contributed by atoms with E-state index < -0.39 is 0 Å². The molecule has 0 saturated heterocycles. The second-order valence-corrected chi connectivity index (χ2v) is 19.1. The first-order valence-corrected chi connectivity index (χ1v) is 23.5. The number of para-hydroxylation sites is 2. The molecule has 66 heavy (non-hydrogen) atoms. The van der Waals surface area contributed by atoms with E-state index in [0.29, 0.717) is 0 Å². The van der Waals surface area contributed by atoms with Gasteiger partial charge < -0.3 is 9.32 Å². The molecular formula is C63H43NOS. The first-order valence-electron chi connectivity index (χ1n) is 22.7. The number of furan rings is 1. The number of anilines is 3. The van der Waals surface area contributed by atoms with Crippen LogP contribution in [0.2, 0.25) is 0 Å². The fourth-order valence-corrected chi connectivity index (χ4v) is 11.8. The van der Waals surface area contributed by atoms with E-state index >= 15 is 0 Å². The van der Waals surface area contributed by atoms with Crippen molar-refractivity contribution in [2.24, 2.45) is 0 Å². The average Bonchev–Trinajstić information content (AvgIpc) is 4.02. The van der Waals surface area contributed by atoms with Crippen molar-refractivity contribution >= 4 is 70.5 Å². The van der Waals surface area contributed by atoms with Gasteiger partial charge in [0.1, 0.15) is 11.2 Å². The molecule has 312 valence electrons. The number of hydrogen-bond donors (Lipinski definition) is 0. The molecule has 3 heteroatoms. The van der Waals surface area contributed by atoms with Crippen molar-refractivity contribution in [3.05, 3.63) is 236 Å². The number of rotatable bonds is 7. The molecule has 0 radical (unpaired) electrons. The van der Waals surface area contributed by atoms with Crippen LogP contribution in [0.15, 0.2) is 229 Å². The molecule has 2 heterocycles. The van der Waals surface area contributed by atoms with Gasteiger partial charge in [0.2, 0.25) is 0 Å². The van der Waals surface area contributed by atoms with Crippen LogP contribution in [-0.4, -0.2) is 0 Å². The Labute approximate surface area is 388 Å². The zero-order valence-corrected chi connectivity index (χ0v) is 37.4. The SMILES string of the molecule is CC1(C)c2ccccc2-c2ccc(-c3ccc4c(c3)sc3c(-c5ccc(N(c6ccc(-c7ccccc7)cc6)c6ccc(-c7cccc8c7oc7ccccc78)cc6)cc5)cccc34)cc21. The van der Waals surface area contributed by atoms with E-state index in [1.807, 2.05) is 23.5 Å². The summed E-state index contributed by atoms with van der Waals surface area (Å²) in [4.78, 5) is 2.35. The molecule has 1 aliphatic carbocycles. The maximum absolute atomic E-state index is 6.44. The van der Waals surface area contributed by atoms with Crippen LogP contribution in [0, 0.1) is 0 Å². The summed E-state index contributed by atoms with van der Waals surface area (Å²) in [5.41, 5.74) is 20.1. The zero-order valence-electron chi connectivity index (χ0n) is 36.6. The Hall–Kier alpha value is -7.98. The summed E-state index contributed by atoms with van der Waals surface area (Å²) < 4.78 is 9.05. The minimum Gasteiger partial charge on any atom is -0.455 e. The Balaban J connectivity index is 0.857. The van der Waals surface area contributed by atoms with E-state index in [9.17, 15) is 0 Å². The number of fused-ring (bicyclic) bond motifs is 9. The van der Waals surface area contributed by atoms with Crippen molar-refractivity contribution in [1.82, 2.24) is 0 Å². The van der Waals surface area contributed by atoms with Crippen LogP contribution in [0.25, 0.3) is 97.7 Å². The molecule has 1 aliphatic rings. The van der Waals surface area contributed by atoms with Crippen molar-refractivity contribution in [1.29, 1.82) is 0 Å². The van der Waals surface area contributed by atoms with Crippen LogP contribution in [0.5, 0.6) is 0 Å². The fraction of sp³-hybridized carbons (Fsp3) is 0.0476. The number of thiophene rings is 1. The van der Waals surface area contributed by atoms with Gasteiger partial charge in [-0.05, 0) is 116 Å². The summed E-state index contributed by atoms with van der Waals surface area (Å²) >= 11 is 1.89. The van der Waals surface area contributed by atoms with Gasteiger partial charge in [-0.1, -0.05) is 184 Å². The predicted octanol–water partition coefficient (Wildman–Crippen LogP) is 18.4. The molecule has 0 aliphatic heterocycles. The van der Waals surface area contributed by atoms with Crippen molar-refractivity contribution in [2.45, 2.75) is 19.3 Å². The van der Waals surface area contributed by atoms with Crippen LogP contribution in [0.3, 0.4) is 0 Å². The van der Waals surface area contributed by atoms with Crippen molar-refractivity contribution in [3.8, 4) is 55.6 Å². The molecule has 10 aromatic carbocycles. The Morgan fingerprint density at radius 2 is 0.894 bits per heavy atom. The van der Waals surface area contributed by atoms with Crippen molar-refractivity contribution < 1.29 is 4.42 Å². The Morgan fingerprint density at radius 1 is 0.364 bits per heavy atom. The maximum Gasteiger partial charge on any atom is 0.143 e. The highest BCUT2D eigenvalue weighted by molar-refractivity contribution is 7.26. The van der Waals surface area contributed by atoms with E-state index in [0.717, 1.165) is 50.1 Å². The first-order chi connectivity index (χ1) is 32.5. The molecule has 2 nitrogen and oxygen atoms in total. The molecule has 0 spiro atoms. The van der Waals surface area contributed by atoms with Crippen LogP contribution >= 0.6 is 11.3 Å². The van der Waals surface area contributed by atoms with Gasteiger partial charge in [-0.15, -0.1) is 11.3 Å². The summed E-state index contributed by atoms with van der Waals surface area (Å²) in [6, 6.07) is 81.9. The van der Waals surface area contributed by atoms with Gasteiger partial charge in [0.25, 0.3) is 0 Å². The lowest BCUT2D eigenvalue weighted by atomic mass is 9.81. The summed E-state index contributed by atoms with van der Waals surface area (Å²) in [5.74, 6) is 0. The number of hydrogen-bond acceptors (Lipinski definition) is 3. The zero-order chi connectivity index (χ0) is 43.9. The van der Waals surface area contributed by atoms with Gasteiger partial charge in [-0.2, -0.15) is 0 Å². The molecule has 0 bridgehead atoms. The highest BCUT2D eigenvalue weighted by Crippen LogP contribution is 2.50. The Kier molecular flexibility index (Phi) is 8.78. The van der Waals surface area contributed by atoms with E-state index in [1.54, 1.807) is 0 Å². The quantitative estimate of drug-likeness (QED) is 0.159. The summed E-state index contributed by atoms with van der Waals surface area (Å²) in [6.07, 6.45) is 0.